The molecule has 0 saturated heterocycles. The molecular weight excluding hydrogens is 334 g/mol. The summed E-state index contributed by atoms with van der Waals surface area (Å²) in [5, 5.41) is 2.80. The Labute approximate surface area is 132 Å². The Morgan fingerprint density at radius 1 is 1.05 bits per heavy atom. The van der Waals surface area contributed by atoms with Crippen LogP contribution in [-0.4, -0.2) is 19.1 Å². The monoisotopic (exact) mass is 349 g/mol. The number of halogens is 1. The van der Waals surface area contributed by atoms with Gasteiger partial charge in [0.1, 0.15) is 11.5 Å². The molecule has 0 saturated carbocycles. The molecule has 110 valence electrons. The van der Waals surface area contributed by atoms with Crippen LogP contribution >= 0.6 is 15.9 Å². The number of carbonyl (C=O) groups is 1. The van der Waals surface area contributed by atoms with Crippen LogP contribution < -0.4 is 14.8 Å². The molecule has 0 spiro atoms. The smallest absolute Gasteiger partial charge is 0.265 e. The van der Waals surface area contributed by atoms with Gasteiger partial charge in [0.15, 0.2) is 6.10 Å². The Hall–Kier alpha value is -2.01. The van der Waals surface area contributed by atoms with E-state index in [4.69, 9.17) is 9.47 Å². The van der Waals surface area contributed by atoms with Gasteiger partial charge in [-0.15, -0.1) is 0 Å². The van der Waals surface area contributed by atoms with Crippen molar-refractivity contribution < 1.29 is 14.3 Å². The lowest BCUT2D eigenvalue weighted by Crippen LogP contribution is -2.30. The van der Waals surface area contributed by atoms with Crippen molar-refractivity contribution in [1.29, 1.82) is 0 Å². The van der Waals surface area contributed by atoms with E-state index < -0.39 is 6.10 Å². The number of methoxy groups -OCH3 is 1. The summed E-state index contributed by atoms with van der Waals surface area (Å²) in [7, 11) is 1.60. The summed E-state index contributed by atoms with van der Waals surface area (Å²) in [5.74, 6) is 1.19. The average molecular weight is 350 g/mol. The van der Waals surface area contributed by atoms with Gasteiger partial charge in [0.25, 0.3) is 5.91 Å². The van der Waals surface area contributed by atoms with Crippen LogP contribution in [0.5, 0.6) is 11.5 Å². The summed E-state index contributed by atoms with van der Waals surface area (Å²) in [6.45, 7) is 1.71. The first-order chi connectivity index (χ1) is 10.1. The van der Waals surface area contributed by atoms with Crippen molar-refractivity contribution in [3.63, 3.8) is 0 Å². The molecule has 1 atom stereocenters. The lowest BCUT2D eigenvalue weighted by atomic mass is 10.2. The molecule has 0 heterocycles. The largest absolute Gasteiger partial charge is 0.497 e. The minimum atomic E-state index is -0.590. The molecular formula is C16H16BrNO3. The predicted molar refractivity (Wildman–Crippen MR) is 85.9 cm³/mol. The normalized spacial score (nSPS) is 11.6. The number of amides is 1. The molecule has 0 aliphatic heterocycles. The molecule has 0 radical (unpaired) electrons. The second kappa shape index (κ2) is 7.13. The van der Waals surface area contributed by atoms with Crippen molar-refractivity contribution >= 4 is 27.5 Å². The summed E-state index contributed by atoms with van der Waals surface area (Å²) in [6.07, 6.45) is -0.590. The third-order valence-corrected chi connectivity index (χ3v) is 3.38. The molecule has 2 aromatic rings. The highest BCUT2D eigenvalue weighted by atomic mass is 79.9. The van der Waals surface area contributed by atoms with Crippen LogP contribution in [0.4, 0.5) is 5.69 Å². The van der Waals surface area contributed by atoms with Gasteiger partial charge < -0.3 is 14.8 Å². The van der Waals surface area contributed by atoms with Crippen LogP contribution in [0.25, 0.3) is 0 Å². The van der Waals surface area contributed by atoms with Gasteiger partial charge in [-0.25, -0.2) is 0 Å². The molecule has 0 aliphatic rings. The second-order valence-corrected chi connectivity index (χ2v) is 5.35. The summed E-state index contributed by atoms with van der Waals surface area (Å²) in [5.41, 5.74) is 0.701. The molecule has 1 N–H and O–H groups in total. The molecule has 0 aliphatic carbocycles. The number of hydrogen-bond donors (Lipinski definition) is 1. The Balaban J connectivity index is 1.93. The third kappa shape index (κ3) is 4.49. The number of benzene rings is 2. The summed E-state index contributed by atoms with van der Waals surface area (Å²) >= 11 is 3.35. The second-order valence-electron chi connectivity index (χ2n) is 4.43. The lowest BCUT2D eigenvalue weighted by molar-refractivity contribution is -0.122. The number of rotatable bonds is 5. The maximum atomic E-state index is 12.1. The van der Waals surface area contributed by atoms with Crippen LogP contribution in [0.2, 0.25) is 0 Å². The van der Waals surface area contributed by atoms with Crippen molar-refractivity contribution in [3.8, 4) is 11.5 Å². The standard InChI is InChI=1S/C16H16BrNO3/c1-11(21-15-7-3-12(17)4-8-15)16(19)18-13-5-9-14(20-2)10-6-13/h3-11H,1-2H3,(H,18,19)/t11-/m0/s1. The maximum absolute atomic E-state index is 12.1. The summed E-state index contributed by atoms with van der Waals surface area (Å²) in [6, 6.07) is 14.5. The van der Waals surface area contributed by atoms with Crippen molar-refractivity contribution in [2.45, 2.75) is 13.0 Å². The highest BCUT2D eigenvalue weighted by Gasteiger charge is 2.14. The van der Waals surface area contributed by atoms with Crippen LogP contribution in [0.1, 0.15) is 6.92 Å². The van der Waals surface area contributed by atoms with Gasteiger partial charge in [0.2, 0.25) is 0 Å². The number of anilines is 1. The topological polar surface area (TPSA) is 47.6 Å². The highest BCUT2D eigenvalue weighted by Crippen LogP contribution is 2.18. The fourth-order valence-electron chi connectivity index (χ4n) is 1.69. The summed E-state index contributed by atoms with van der Waals surface area (Å²) in [4.78, 5) is 12.1. The van der Waals surface area contributed by atoms with Crippen LogP contribution in [-0.2, 0) is 4.79 Å². The minimum absolute atomic E-state index is 0.205. The fraction of sp³-hybridized carbons (Fsp3) is 0.188. The first kappa shape index (κ1) is 15.4. The van der Waals surface area contributed by atoms with Gasteiger partial charge >= 0.3 is 0 Å². The Kier molecular flexibility index (Phi) is 5.22. The molecule has 1 amide bonds. The number of ether oxygens (including phenoxy) is 2. The molecule has 2 rings (SSSR count). The predicted octanol–water partition coefficient (Wildman–Crippen LogP) is 3.86. The van der Waals surface area contributed by atoms with E-state index in [1.807, 2.05) is 12.1 Å². The fourth-order valence-corrected chi connectivity index (χ4v) is 1.95. The van der Waals surface area contributed by atoms with E-state index in [1.54, 1.807) is 50.4 Å². The SMILES string of the molecule is COc1ccc(NC(=O)[C@H](C)Oc2ccc(Br)cc2)cc1. The molecule has 21 heavy (non-hydrogen) atoms. The Morgan fingerprint density at radius 2 is 1.62 bits per heavy atom. The first-order valence-electron chi connectivity index (χ1n) is 6.45. The zero-order chi connectivity index (χ0) is 15.2. The van der Waals surface area contributed by atoms with Gasteiger partial charge in [-0.05, 0) is 55.5 Å². The molecule has 0 bridgehead atoms. The first-order valence-corrected chi connectivity index (χ1v) is 7.25. The van der Waals surface area contributed by atoms with Crippen LogP contribution in [0.3, 0.4) is 0 Å². The van der Waals surface area contributed by atoms with E-state index in [-0.39, 0.29) is 5.91 Å². The van der Waals surface area contributed by atoms with E-state index in [0.29, 0.717) is 11.4 Å². The number of carbonyl (C=O) groups excluding carboxylic acids is 1. The molecule has 2 aromatic carbocycles. The van der Waals surface area contributed by atoms with Crippen LogP contribution in [0, 0.1) is 0 Å². The third-order valence-electron chi connectivity index (χ3n) is 2.85. The van der Waals surface area contributed by atoms with E-state index >= 15 is 0 Å². The van der Waals surface area contributed by atoms with Crippen molar-refractivity contribution in [2.75, 3.05) is 12.4 Å². The van der Waals surface area contributed by atoms with Crippen LogP contribution in [0.15, 0.2) is 53.0 Å². The van der Waals surface area contributed by atoms with Crippen molar-refractivity contribution in [1.82, 2.24) is 0 Å². The molecule has 0 unspecified atom stereocenters. The van der Waals surface area contributed by atoms with E-state index in [2.05, 4.69) is 21.2 Å². The Bertz CT molecular complexity index is 596. The molecule has 0 fully saturated rings. The zero-order valence-corrected chi connectivity index (χ0v) is 13.4. The minimum Gasteiger partial charge on any atom is -0.497 e. The van der Waals surface area contributed by atoms with E-state index in [0.717, 1.165) is 10.2 Å². The van der Waals surface area contributed by atoms with Gasteiger partial charge in [0, 0.05) is 10.2 Å². The zero-order valence-electron chi connectivity index (χ0n) is 11.8. The Morgan fingerprint density at radius 3 is 2.19 bits per heavy atom. The van der Waals surface area contributed by atoms with Gasteiger partial charge in [0.05, 0.1) is 7.11 Å². The lowest BCUT2D eigenvalue weighted by Gasteiger charge is -2.15. The van der Waals surface area contributed by atoms with Crippen molar-refractivity contribution in [3.05, 3.63) is 53.0 Å². The quantitative estimate of drug-likeness (QED) is 0.891. The van der Waals surface area contributed by atoms with Gasteiger partial charge in [-0.3, -0.25) is 4.79 Å². The van der Waals surface area contributed by atoms with E-state index in [1.165, 1.54) is 0 Å². The maximum Gasteiger partial charge on any atom is 0.265 e. The van der Waals surface area contributed by atoms with Crippen molar-refractivity contribution in [2.24, 2.45) is 0 Å². The molecule has 4 nitrogen and oxygen atoms in total. The molecule has 5 heteroatoms. The number of hydrogen-bond acceptors (Lipinski definition) is 3. The van der Waals surface area contributed by atoms with Gasteiger partial charge in [-0.2, -0.15) is 0 Å². The van der Waals surface area contributed by atoms with Gasteiger partial charge in [-0.1, -0.05) is 15.9 Å². The number of nitrogens with one attached hydrogen (secondary N) is 1. The summed E-state index contributed by atoms with van der Waals surface area (Å²) < 4.78 is 11.6. The van der Waals surface area contributed by atoms with E-state index in [9.17, 15) is 4.79 Å². The highest BCUT2D eigenvalue weighted by molar-refractivity contribution is 9.10. The average Bonchev–Trinajstić information content (AvgIpc) is 2.50. The molecule has 0 aromatic heterocycles.